The van der Waals surface area contributed by atoms with Gasteiger partial charge in [-0.05, 0) is 139 Å². The van der Waals surface area contributed by atoms with Crippen molar-refractivity contribution in [2.45, 2.75) is 145 Å². The topological polar surface area (TPSA) is 557 Å². The number of hydrogen-bond acceptors (Lipinski definition) is 20. The number of fused-ring (bicyclic) bond motifs is 2. The maximum atomic E-state index is 14.4. The van der Waals surface area contributed by atoms with Crippen molar-refractivity contribution in [2.75, 3.05) is 52.5 Å². The van der Waals surface area contributed by atoms with E-state index < -0.39 is 146 Å². The van der Waals surface area contributed by atoms with Gasteiger partial charge in [0.1, 0.15) is 59.8 Å². The number of amides is 12. The van der Waals surface area contributed by atoms with Crippen LogP contribution in [-0.2, 0) is 92.9 Å². The molecular formula is C79H100N20O16. The number of guanidine groups is 2. The monoisotopic (exact) mass is 1580 g/mol. The second-order valence-corrected chi connectivity index (χ2v) is 27.6. The molecule has 8 rings (SSSR count). The third kappa shape index (κ3) is 30.6. The van der Waals surface area contributed by atoms with E-state index in [2.05, 4.69) is 84.7 Å². The van der Waals surface area contributed by atoms with Gasteiger partial charge in [-0.15, -0.1) is 0 Å². The number of aromatic hydroxyl groups is 2. The number of rotatable bonds is 34. The largest absolute Gasteiger partial charge is 0.508 e. The molecule has 115 heavy (non-hydrogen) atoms. The van der Waals surface area contributed by atoms with E-state index >= 15 is 0 Å². The molecule has 6 aromatic carbocycles. The van der Waals surface area contributed by atoms with Crippen LogP contribution in [0.2, 0.25) is 0 Å². The summed E-state index contributed by atoms with van der Waals surface area (Å²) >= 11 is 0. The van der Waals surface area contributed by atoms with Gasteiger partial charge in [0.2, 0.25) is 59.1 Å². The third-order valence-electron chi connectivity index (χ3n) is 18.5. The maximum absolute atomic E-state index is 14.4. The number of oxime groups is 2. The second kappa shape index (κ2) is 45.8. The Bertz CT molecular complexity index is 4180. The van der Waals surface area contributed by atoms with Crippen molar-refractivity contribution in [3.8, 4) is 11.5 Å². The highest BCUT2D eigenvalue weighted by molar-refractivity contribution is 5.99. The Morgan fingerprint density at radius 2 is 0.678 bits per heavy atom. The van der Waals surface area contributed by atoms with Crippen LogP contribution in [0.3, 0.4) is 0 Å². The first-order valence-electron chi connectivity index (χ1n) is 37.9. The molecule has 2 aliphatic rings. The number of phenolic OH excluding ortho intramolecular Hbond substituents is 2. The van der Waals surface area contributed by atoms with Gasteiger partial charge in [-0.25, -0.2) is 0 Å². The first-order valence-corrected chi connectivity index (χ1v) is 37.9. The Morgan fingerprint density at radius 3 is 1.03 bits per heavy atom. The summed E-state index contributed by atoms with van der Waals surface area (Å²) in [6, 6.07) is 27.7. The van der Waals surface area contributed by atoms with Gasteiger partial charge in [-0.1, -0.05) is 120 Å². The van der Waals surface area contributed by atoms with Crippen LogP contribution in [0, 0.1) is 10.8 Å². The molecule has 22 N–H and O–H groups in total. The van der Waals surface area contributed by atoms with Gasteiger partial charge in [0.15, 0.2) is 25.1 Å². The van der Waals surface area contributed by atoms with Gasteiger partial charge < -0.3 is 106 Å². The van der Waals surface area contributed by atoms with Gasteiger partial charge in [-0.3, -0.25) is 68.4 Å². The molecule has 0 radical (unpaired) electrons. The summed E-state index contributed by atoms with van der Waals surface area (Å²) in [5.41, 5.74) is 13.4. The number of nitrogens with zero attached hydrogens (tertiary/aromatic N) is 2. The smallest absolute Gasteiger partial charge is 0.260 e. The van der Waals surface area contributed by atoms with E-state index in [-0.39, 0.29) is 127 Å². The van der Waals surface area contributed by atoms with Crippen molar-refractivity contribution in [3.63, 3.8) is 0 Å². The highest BCUT2D eigenvalue weighted by Crippen LogP contribution is 2.21. The van der Waals surface area contributed by atoms with Gasteiger partial charge in [0, 0.05) is 64.3 Å². The fourth-order valence-electron chi connectivity index (χ4n) is 12.5. The highest BCUT2D eigenvalue weighted by atomic mass is 16.6. The molecule has 612 valence electrons. The Kier molecular flexibility index (Phi) is 34.7. The van der Waals surface area contributed by atoms with E-state index in [1.54, 1.807) is 24.3 Å². The zero-order chi connectivity index (χ0) is 82.4. The lowest BCUT2D eigenvalue weighted by molar-refractivity contribution is -0.134. The zero-order valence-electron chi connectivity index (χ0n) is 63.4. The van der Waals surface area contributed by atoms with Crippen molar-refractivity contribution in [1.82, 2.24) is 74.4 Å². The molecule has 36 heteroatoms. The predicted molar refractivity (Wildman–Crippen MR) is 426 cm³/mol. The first kappa shape index (κ1) is 87.1. The molecule has 36 nitrogen and oxygen atoms in total. The van der Waals surface area contributed by atoms with Gasteiger partial charge in [0.05, 0.1) is 13.1 Å². The van der Waals surface area contributed by atoms with Crippen LogP contribution in [-0.4, -0.2) is 206 Å². The maximum Gasteiger partial charge on any atom is 0.260 e. The quantitative estimate of drug-likeness (QED) is 0.0103. The van der Waals surface area contributed by atoms with E-state index in [0.717, 1.165) is 21.5 Å². The number of nitrogens with one attached hydrogen (secondary N) is 16. The highest BCUT2D eigenvalue weighted by Gasteiger charge is 2.36. The molecule has 6 aromatic rings. The summed E-state index contributed by atoms with van der Waals surface area (Å²) < 4.78 is 0. The van der Waals surface area contributed by atoms with Crippen LogP contribution < -0.4 is 85.9 Å². The second-order valence-electron chi connectivity index (χ2n) is 27.6. The van der Waals surface area contributed by atoms with E-state index in [9.17, 15) is 67.7 Å². The van der Waals surface area contributed by atoms with E-state index in [4.69, 9.17) is 32.0 Å². The first-order chi connectivity index (χ1) is 55.4. The van der Waals surface area contributed by atoms with Crippen molar-refractivity contribution < 1.29 is 77.4 Å². The van der Waals surface area contributed by atoms with Crippen LogP contribution >= 0.6 is 0 Å². The van der Waals surface area contributed by atoms with Crippen LogP contribution in [0.15, 0.2) is 144 Å². The Labute approximate surface area is 662 Å². The minimum absolute atomic E-state index is 0.00987. The molecule has 0 bridgehead atoms. The van der Waals surface area contributed by atoms with E-state index in [1.807, 2.05) is 84.9 Å². The lowest BCUT2D eigenvalue weighted by atomic mass is 10.0. The Hall–Kier alpha value is -13.4. The summed E-state index contributed by atoms with van der Waals surface area (Å²) in [7, 11) is 0. The molecule has 2 saturated heterocycles. The number of hydrogen-bond donors (Lipinski definition) is 20. The average Bonchev–Trinajstić information content (AvgIpc) is 1.11. The molecule has 1 unspecified atom stereocenters. The normalized spacial score (nSPS) is 19.7. The van der Waals surface area contributed by atoms with E-state index in [1.165, 1.54) is 36.7 Å². The minimum Gasteiger partial charge on any atom is -0.508 e. The Morgan fingerprint density at radius 1 is 0.383 bits per heavy atom. The SMILES string of the molecule is N=C(N)NCCC[C@@H]1NC(=O)[C@H](CCCNC(=O)CO/N=C/CCC/C=N/OCC(=O)NCCC[C@@H]2NC(=O)[C@@H](Cc3ccc(O)cc3)NC(=O)CNC(=O)[C@H](Cc3ccc4ccccc4c3)NC(=O)[C@H](CCCNC(=N)N)NC2=O)NC(=O)C(Cc2ccc(O)cc2)NC(=O)CNC(=O)[C@H](Cc2ccc3ccccc3c2)NC1=O. The lowest BCUT2D eigenvalue weighted by Gasteiger charge is -2.26. The van der Waals surface area contributed by atoms with Gasteiger partial charge in [0.25, 0.3) is 11.8 Å². The predicted octanol–water partition coefficient (Wildman–Crippen LogP) is -0.693. The molecule has 2 fully saturated rings. The number of carbonyl (C=O) groups excluding carboxylic acids is 12. The number of phenols is 2. The summed E-state index contributed by atoms with van der Waals surface area (Å²) in [6.45, 7) is -1.89. The van der Waals surface area contributed by atoms with Crippen molar-refractivity contribution in [3.05, 3.63) is 156 Å². The third-order valence-corrected chi connectivity index (χ3v) is 18.5. The summed E-state index contributed by atoms with van der Waals surface area (Å²) in [5.74, 6) is -9.50. The number of benzene rings is 6. The Balaban J connectivity index is 0.802. The minimum atomic E-state index is -1.35. The molecule has 12 amide bonds. The molecule has 8 atom stereocenters. The van der Waals surface area contributed by atoms with Gasteiger partial charge >= 0.3 is 0 Å². The number of carbonyl (C=O) groups is 12. The molecule has 0 spiro atoms. The molecule has 2 aliphatic heterocycles. The lowest BCUT2D eigenvalue weighted by Crippen LogP contribution is -2.58. The number of nitrogens with two attached hydrogens (primary N) is 2. The average molecular weight is 1590 g/mol. The number of unbranched alkanes of at least 4 members (excludes halogenated alkanes) is 2. The van der Waals surface area contributed by atoms with Crippen molar-refractivity contribution in [2.24, 2.45) is 21.8 Å². The van der Waals surface area contributed by atoms with Gasteiger partial charge in [-0.2, -0.15) is 0 Å². The van der Waals surface area contributed by atoms with Crippen LogP contribution in [0.4, 0.5) is 0 Å². The molecule has 0 saturated carbocycles. The van der Waals surface area contributed by atoms with Crippen LogP contribution in [0.5, 0.6) is 11.5 Å². The molecule has 2 heterocycles. The van der Waals surface area contributed by atoms with Crippen LogP contribution in [0.1, 0.15) is 92.9 Å². The summed E-state index contributed by atoms with van der Waals surface area (Å²) in [4.78, 5) is 177. The fourth-order valence-corrected chi connectivity index (χ4v) is 12.5. The van der Waals surface area contributed by atoms with Crippen LogP contribution in [0.25, 0.3) is 21.5 Å². The van der Waals surface area contributed by atoms with Crippen molar-refractivity contribution in [1.29, 1.82) is 10.8 Å². The molecule has 0 aliphatic carbocycles. The zero-order valence-corrected chi connectivity index (χ0v) is 63.4. The standard InChI is InChI=1S/C79H100N20O16/c80-78(81)86-34-10-18-60-74(110)98-62(42-50-20-26-52-12-2-4-14-54(52)38-50)70(106)88-44-66(102)92-64(40-48-22-28-56(100)29-23-48)76(112)96-58(72(108)94-60)16-8-32-84-68(104)46-114-90-36-6-1-7-37-91-115-47-69(105)85-33-9-17-59-73(109)95-61(19-11-35-87-79(82)83)75(111)99-63(43-51-21-27-53-13-3-5-15-55(53)39-51)71(107)89-45-67(103)93-65(77(113)97-59)41-49-24-30-57(101)31-25-49/h2-5,12-15,20-31,36-39,58-65,100-101H,1,6-11,16-19,32-35,40-47H2,(H,84,104)(H,85,105)(H,88,106)(H,89,107)(H,92,102)(H,93,103)(H,94,108)(H,95,109)(H,96,112)(H,97,113)(H,98,110)(H,99,111)(H4,80,81,86)(H4,82,83,87)/b90-36+,91-37+/t58-,59-,60-,61-,62-,63-,64+,65?/m0/s1. The fraction of sp³-hybridized carbons (Fsp3) is 0.392. The molecule has 0 aromatic heterocycles. The van der Waals surface area contributed by atoms with E-state index in [0.29, 0.717) is 41.5 Å². The molecular weight excluding hydrogens is 1480 g/mol. The summed E-state index contributed by atoms with van der Waals surface area (Å²) in [5, 5.41) is 84.0. The van der Waals surface area contributed by atoms with Crippen molar-refractivity contribution >= 4 is 117 Å². The summed E-state index contributed by atoms with van der Waals surface area (Å²) in [6.07, 6.45) is 4.33.